The van der Waals surface area contributed by atoms with Crippen LogP contribution in [0.2, 0.25) is 0 Å². The quantitative estimate of drug-likeness (QED) is 0.768. The van der Waals surface area contributed by atoms with E-state index >= 15 is 0 Å². The fourth-order valence-electron chi connectivity index (χ4n) is 7.71. The van der Waals surface area contributed by atoms with Crippen LogP contribution in [0.25, 0.3) is 0 Å². The third-order valence-electron chi connectivity index (χ3n) is 8.99. The Kier molecular flexibility index (Phi) is 3.66. The maximum atomic E-state index is 10.1. The van der Waals surface area contributed by atoms with E-state index in [1.807, 2.05) is 0 Å². The normalized spacial score (nSPS) is 57.8. The average Bonchev–Trinajstić information content (AvgIpc) is 2.84. The molecule has 0 spiro atoms. The van der Waals surface area contributed by atoms with Crippen molar-refractivity contribution >= 4 is 0 Å². The average molecular weight is 306 g/mol. The molecule has 2 N–H and O–H groups in total. The molecule has 8 atom stereocenters. The highest BCUT2D eigenvalue weighted by molar-refractivity contribution is 5.10. The molecule has 1 unspecified atom stereocenters. The van der Waals surface area contributed by atoms with Crippen molar-refractivity contribution in [2.45, 2.75) is 83.8 Å². The number of rotatable bonds is 1. The highest BCUT2D eigenvalue weighted by Crippen LogP contribution is 2.66. The van der Waals surface area contributed by atoms with Crippen molar-refractivity contribution in [2.24, 2.45) is 34.5 Å². The van der Waals surface area contributed by atoms with Crippen LogP contribution in [0.3, 0.4) is 0 Å². The summed E-state index contributed by atoms with van der Waals surface area (Å²) in [6.07, 6.45) is 11.9. The van der Waals surface area contributed by atoms with E-state index in [1.165, 1.54) is 44.9 Å². The van der Waals surface area contributed by atoms with Gasteiger partial charge in [0.15, 0.2) is 0 Å². The number of aliphatic hydroxyl groups excluding tert-OH is 1. The fourth-order valence-corrected chi connectivity index (χ4v) is 7.71. The SMILES string of the molecule is CNC1CC[C@H]2[C@@H]3CC[C@H]4C[C@@H](O)CC[C@]4(C)[C@H]3CC[C@]12C. The van der Waals surface area contributed by atoms with Gasteiger partial charge in [-0.05, 0) is 99.3 Å². The van der Waals surface area contributed by atoms with Crippen LogP contribution in [0.15, 0.2) is 0 Å². The van der Waals surface area contributed by atoms with Crippen molar-refractivity contribution < 1.29 is 5.11 Å². The van der Waals surface area contributed by atoms with Crippen LogP contribution < -0.4 is 5.32 Å². The molecular weight excluding hydrogens is 270 g/mol. The maximum absolute atomic E-state index is 10.1. The second kappa shape index (κ2) is 5.21. The van der Waals surface area contributed by atoms with Gasteiger partial charge in [0.05, 0.1) is 6.10 Å². The Labute approximate surface area is 136 Å². The van der Waals surface area contributed by atoms with E-state index in [1.54, 1.807) is 0 Å². The highest BCUT2D eigenvalue weighted by Gasteiger charge is 2.59. The molecule has 0 radical (unpaired) electrons. The van der Waals surface area contributed by atoms with Gasteiger partial charge in [0.25, 0.3) is 0 Å². The zero-order chi connectivity index (χ0) is 15.5. The Hall–Kier alpha value is -0.0800. The standard InChI is InChI=1S/C20H35NO/c1-19-10-8-14(22)12-13(19)4-5-15-16-6-7-18(21-3)20(16,2)11-9-17(15)19/h13-18,21-22H,4-12H2,1-3H3/t13-,14-,15-,16-,17-,18?,19-,20-/m0/s1. The van der Waals surface area contributed by atoms with Gasteiger partial charge in [0, 0.05) is 6.04 Å². The van der Waals surface area contributed by atoms with E-state index in [9.17, 15) is 5.11 Å². The molecule has 0 aromatic rings. The zero-order valence-corrected chi connectivity index (χ0v) is 14.8. The molecule has 4 saturated carbocycles. The lowest BCUT2D eigenvalue weighted by molar-refractivity contribution is -0.123. The Morgan fingerprint density at radius 3 is 2.36 bits per heavy atom. The number of hydrogen-bond acceptors (Lipinski definition) is 2. The van der Waals surface area contributed by atoms with Gasteiger partial charge in [-0.3, -0.25) is 0 Å². The molecule has 2 nitrogen and oxygen atoms in total. The van der Waals surface area contributed by atoms with Crippen LogP contribution in [0.1, 0.15) is 71.6 Å². The van der Waals surface area contributed by atoms with Gasteiger partial charge in [-0.2, -0.15) is 0 Å². The summed E-state index contributed by atoms with van der Waals surface area (Å²) in [5.41, 5.74) is 1.08. The van der Waals surface area contributed by atoms with Crippen LogP contribution in [-0.2, 0) is 0 Å². The van der Waals surface area contributed by atoms with E-state index in [0.717, 1.165) is 42.6 Å². The summed E-state index contributed by atoms with van der Waals surface area (Å²) in [5, 5.41) is 13.7. The van der Waals surface area contributed by atoms with Gasteiger partial charge in [-0.15, -0.1) is 0 Å². The largest absolute Gasteiger partial charge is 0.393 e. The lowest BCUT2D eigenvalue weighted by atomic mass is 9.45. The molecule has 0 heterocycles. The van der Waals surface area contributed by atoms with Crippen molar-refractivity contribution in [3.8, 4) is 0 Å². The second-order valence-electron chi connectivity index (χ2n) is 9.55. The van der Waals surface area contributed by atoms with E-state index in [2.05, 4.69) is 26.2 Å². The number of fused-ring (bicyclic) bond motifs is 5. The summed E-state index contributed by atoms with van der Waals surface area (Å²) in [5.74, 6) is 3.65. The van der Waals surface area contributed by atoms with Crippen molar-refractivity contribution in [3.05, 3.63) is 0 Å². The van der Waals surface area contributed by atoms with Crippen molar-refractivity contribution in [1.29, 1.82) is 0 Å². The number of hydrogen-bond donors (Lipinski definition) is 2. The molecule has 4 aliphatic carbocycles. The third-order valence-corrected chi connectivity index (χ3v) is 8.99. The molecule has 0 saturated heterocycles. The molecule has 0 aromatic heterocycles. The van der Waals surface area contributed by atoms with E-state index in [4.69, 9.17) is 0 Å². The maximum Gasteiger partial charge on any atom is 0.0543 e. The Bertz CT molecular complexity index is 437. The van der Waals surface area contributed by atoms with Crippen LogP contribution >= 0.6 is 0 Å². The topological polar surface area (TPSA) is 32.3 Å². The van der Waals surface area contributed by atoms with E-state index in [-0.39, 0.29) is 6.10 Å². The predicted molar refractivity (Wildman–Crippen MR) is 90.6 cm³/mol. The first-order valence-corrected chi connectivity index (χ1v) is 9.84. The van der Waals surface area contributed by atoms with Crippen molar-refractivity contribution in [3.63, 3.8) is 0 Å². The summed E-state index contributed by atoms with van der Waals surface area (Å²) in [4.78, 5) is 0. The first-order chi connectivity index (χ1) is 10.5. The minimum atomic E-state index is -0.0105. The van der Waals surface area contributed by atoms with Crippen molar-refractivity contribution in [1.82, 2.24) is 5.32 Å². The van der Waals surface area contributed by atoms with E-state index < -0.39 is 0 Å². The lowest BCUT2D eigenvalue weighted by Crippen LogP contribution is -2.55. The Morgan fingerprint density at radius 1 is 0.864 bits per heavy atom. The molecule has 0 aliphatic heterocycles. The van der Waals surface area contributed by atoms with Gasteiger partial charge >= 0.3 is 0 Å². The highest BCUT2D eigenvalue weighted by atomic mass is 16.3. The number of aliphatic hydroxyl groups is 1. The van der Waals surface area contributed by atoms with Crippen LogP contribution in [0, 0.1) is 34.5 Å². The van der Waals surface area contributed by atoms with Crippen LogP contribution in [0.4, 0.5) is 0 Å². The van der Waals surface area contributed by atoms with Crippen molar-refractivity contribution in [2.75, 3.05) is 7.05 Å². The molecule has 4 fully saturated rings. The molecule has 2 heteroatoms. The van der Waals surface area contributed by atoms with E-state index in [0.29, 0.717) is 10.8 Å². The molecule has 126 valence electrons. The fraction of sp³-hybridized carbons (Fsp3) is 1.00. The summed E-state index contributed by atoms with van der Waals surface area (Å²) < 4.78 is 0. The Morgan fingerprint density at radius 2 is 1.59 bits per heavy atom. The molecule has 22 heavy (non-hydrogen) atoms. The summed E-state index contributed by atoms with van der Waals surface area (Å²) in [6, 6.07) is 0.747. The predicted octanol–water partition coefficient (Wildman–Crippen LogP) is 3.98. The first-order valence-electron chi connectivity index (χ1n) is 9.84. The molecule has 4 rings (SSSR count). The Balaban J connectivity index is 1.61. The van der Waals surface area contributed by atoms with Gasteiger partial charge in [-0.1, -0.05) is 13.8 Å². The molecule has 0 aromatic carbocycles. The zero-order valence-electron chi connectivity index (χ0n) is 14.8. The van der Waals surface area contributed by atoms with Gasteiger partial charge in [0.1, 0.15) is 0 Å². The van der Waals surface area contributed by atoms with Crippen LogP contribution in [-0.4, -0.2) is 24.3 Å². The van der Waals surface area contributed by atoms with Gasteiger partial charge < -0.3 is 10.4 Å². The molecule has 0 bridgehead atoms. The third kappa shape index (κ3) is 1.99. The minimum Gasteiger partial charge on any atom is -0.393 e. The second-order valence-corrected chi connectivity index (χ2v) is 9.55. The number of nitrogens with one attached hydrogen (secondary N) is 1. The summed E-state index contributed by atoms with van der Waals surface area (Å²) >= 11 is 0. The first kappa shape index (κ1) is 15.4. The van der Waals surface area contributed by atoms with Crippen LogP contribution in [0.5, 0.6) is 0 Å². The minimum absolute atomic E-state index is 0.0105. The summed E-state index contributed by atoms with van der Waals surface area (Å²) in [6.45, 7) is 5.18. The molecule has 0 amide bonds. The van der Waals surface area contributed by atoms with Gasteiger partial charge in [-0.25, -0.2) is 0 Å². The smallest absolute Gasteiger partial charge is 0.0543 e. The molecule has 4 aliphatic rings. The molecular formula is C20H35NO. The van der Waals surface area contributed by atoms with Gasteiger partial charge in [0.2, 0.25) is 0 Å². The monoisotopic (exact) mass is 305 g/mol. The lowest BCUT2D eigenvalue weighted by Gasteiger charge is -2.61. The summed E-state index contributed by atoms with van der Waals surface area (Å²) in [7, 11) is 2.17.